The first-order valence-corrected chi connectivity index (χ1v) is 7.97. The average molecular weight is 328 g/mol. The Morgan fingerprint density at radius 3 is 2.79 bits per heavy atom. The summed E-state index contributed by atoms with van der Waals surface area (Å²) < 4.78 is 5.53. The molecule has 1 aromatic heterocycles. The van der Waals surface area contributed by atoms with Crippen molar-refractivity contribution in [3.63, 3.8) is 0 Å². The topological polar surface area (TPSA) is 66.5 Å². The average Bonchev–Trinajstić information content (AvgIpc) is 2.57. The molecule has 6 heteroatoms. The van der Waals surface area contributed by atoms with Crippen LogP contribution in [0.5, 0.6) is 5.75 Å². The maximum absolute atomic E-state index is 12.5. The van der Waals surface area contributed by atoms with Crippen LogP contribution in [0.15, 0.2) is 42.7 Å². The van der Waals surface area contributed by atoms with Gasteiger partial charge in [0.05, 0.1) is 23.5 Å². The smallest absolute Gasteiger partial charge is 0.257 e. The van der Waals surface area contributed by atoms with Crippen molar-refractivity contribution in [3.8, 4) is 5.75 Å². The number of pyridine rings is 1. The molecule has 0 aliphatic carbocycles. The Morgan fingerprint density at radius 2 is 2.04 bits per heavy atom. The van der Waals surface area contributed by atoms with Crippen LogP contribution in [-0.2, 0) is 0 Å². The molecule has 0 radical (unpaired) electrons. The summed E-state index contributed by atoms with van der Waals surface area (Å²) in [6.07, 6.45) is 3.26. The van der Waals surface area contributed by atoms with Gasteiger partial charge in [0, 0.05) is 25.5 Å². The first-order valence-electron chi connectivity index (χ1n) is 7.97. The Labute approximate surface area is 142 Å². The van der Waals surface area contributed by atoms with E-state index >= 15 is 0 Å². The van der Waals surface area contributed by atoms with Gasteiger partial charge in [0.2, 0.25) is 0 Å². The molecule has 128 valence electrons. The summed E-state index contributed by atoms with van der Waals surface area (Å²) >= 11 is 0. The van der Waals surface area contributed by atoms with E-state index in [1.165, 1.54) is 0 Å². The standard InChI is InChI=1S/C18H24N4O2/c1-4-24-17-8-6-5-7-16(17)21-18(23)14-11-15(13-19-12-14)20-9-10-22(2)3/h5-8,11-13,20H,4,9-10H2,1-3H3,(H,21,23). The molecule has 1 aromatic carbocycles. The van der Waals surface area contributed by atoms with Crippen LogP contribution in [0.2, 0.25) is 0 Å². The SMILES string of the molecule is CCOc1ccccc1NC(=O)c1cncc(NCCN(C)C)c1. The van der Waals surface area contributed by atoms with Crippen molar-refractivity contribution in [2.45, 2.75) is 6.92 Å². The molecule has 0 fully saturated rings. The number of nitrogens with one attached hydrogen (secondary N) is 2. The molecule has 0 spiro atoms. The summed E-state index contributed by atoms with van der Waals surface area (Å²) in [5.74, 6) is 0.437. The summed E-state index contributed by atoms with van der Waals surface area (Å²) in [5, 5.41) is 6.13. The number of likely N-dealkylation sites (N-methyl/N-ethyl adjacent to an activating group) is 1. The number of carbonyl (C=O) groups is 1. The van der Waals surface area contributed by atoms with Crippen molar-refractivity contribution in [1.29, 1.82) is 0 Å². The fourth-order valence-electron chi connectivity index (χ4n) is 2.13. The Hall–Kier alpha value is -2.60. The predicted molar refractivity (Wildman–Crippen MR) is 96.8 cm³/mol. The van der Waals surface area contributed by atoms with Crippen LogP contribution in [0, 0.1) is 0 Å². The van der Waals surface area contributed by atoms with Crippen LogP contribution >= 0.6 is 0 Å². The maximum Gasteiger partial charge on any atom is 0.257 e. The normalized spacial score (nSPS) is 10.5. The molecule has 1 amide bonds. The summed E-state index contributed by atoms with van der Waals surface area (Å²) in [6, 6.07) is 9.17. The Morgan fingerprint density at radius 1 is 1.25 bits per heavy atom. The van der Waals surface area contributed by atoms with Gasteiger partial charge >= 0.3 is 0 Å². The van der Waals surface area contributed by atoms with Crippen molar-refractivity contribution in [2.24, 2.45) is 0 Å². The number of amides is 1. The third-order valence-corrected chi connectivity index (χ3v) is 3.32. The van der Waals surface area contributed by atoms with E-state index in [1.54, 1.807) is 18.5 Å². The number of nitrogens with zero attached hydrogens (tertiary/aromatic N) is 2. The van der Waals surface area contributed by atoms with Gasteiger partial charge in [0.15, 0.2) is 0 Å². The lowest BCUT2D eigenvalue weighted by Gasteiger charge is -2.13. The van der Waals surface area contributed by atoms with Crippen LogP contribution in [0.25, 0.3) is 0 Å². The lowest BCUT2D eigenvalue weighted by Crippen LogP contribution is -2.21. The van der Waals surface area contributed by atoms with E-state index in [4.69, 9.17) is 4.74 Å². The molecule has 24 heavy (non-hydrogen) atoms. The van der Waals surface area contributed by atoms with Gasteiger partial charge in [-0.05, 0) is 39.2 Å². The molecular formula is C18H24N4O2. The molecule has 6 nitrogen and oxygen atoms in total. The first kappa shape index (κ1) is 17.7. The lowest BCUT2D eigenvalue weighted by molar-refractivity contribution is 0.102. The van der Waals surface area contributed by atoms with E-state index in [2.05, 4.69) is 20.5 Å². The zero-order valence-corrected chi connectivity index (χ0v) is 14.4. The largest absolute Gasteiger partial charge is 0.492 e. The number of hydrogen-bond donors (Lipinski definition) is 2. The Bertz CT molecular complexity index is 674. The van der Waals surface area contributed by atoms with Gasteiger partial charge in [-0.1, -0.05) is 12.1 Å². The van der Waals surface area contributed by atoms with Crippen LogP contribution in [-0.4, -0.2) is 49.6 Å². The lowest BCUT2D eigenvalue weighted by atomic mass is 10.2. The molecule has 2 aromatic rings. The number of ether oxygens (including phenoxy) is 1. The van der Waals surface area contributed by atoms with Crippen molar-refractivity contribution in [3.05, 3.63) is 48.3 Å². The third kappa shape index (κ3) is 5.24. The second-order valence-corrected chi connectivity index (χ2v) is 5.58. The van der Waals surface area contributed by atoms with Crippen LogP contribution in [0.4, 0.5) is 11.4 Å². The van der Waals surface area contributed by atoms with Gasteiger partial charge in [-0.2, -0.15) is 0 Å². The number of para-hydroxylation sites is 2. The molecule has 0 atom stereocenters. The van der Waals surface area contributed by atoms with Crippen molar-refractivity contribution in [2.75, 3.05) is 44.4 Å². The van der Waals surface area contributed by atoms with E-state index in [9.17, 15) is 4.79 Å². The molecule has 2 N–H and O–H groups in total. The minimum absolute atomic E-state index is 0.217. The summed E-state index contributed by atoms with van der Waals surface area (Å²) in [7, 11) is 4.03. The highest BCUT2D eigenvalue weighted by Gasteiger charge is 2.10. The van der Waals surface area contributed by atoms with Crippen molar-refractivity contribution in [1.82, 2.24) is 9.88 Å². The second kappa shape index (κ2) is 8.88. The molecule has 0 unspecified atom stereocenters. The van der Waals surface area contributed by atoms with E-state index in [0.717, 1.165) is 18.8 Å². The van der Waals surface area contributed by atoms with Gasteiger partial charge in [-0.3, -0.25) is 9.78 Å². The number of benzene rings is 1. The van der Waals surface area contributed by atoms with Crippen molar-refractivity contribution >= 4 is 17.3 Å². The van der Waals surface area contributed by atoms with Crippen molar-refractivity contribution < 1.29 is 9.53 Å². The van der Waals surface area contributed by atoms with E-state index in [-0.39, 0.29) is 5.91 Å². The predicted octanol–water partition coefficient (Wildman–Crippen LogP) is 2.71. The van der Waals surface area contributed by atoms with E-state index in [1.807, 2.05) is 45.3 Å². The molecule has 2 rings (SSSR count). The number of rotatable bonds is 8. The fourth-order valence-corrected chi connectivity index (χ4v) is 2.13. The summed E-state index contributed by atoms with van der Waals surface area (Å²) in [6.45, 7) is 4.14. The van der Waals surface area contributed by atoms with Crippen LogP contribution < -0.4 is 15.4 Å². The van der Waals surface area contributed by atoms with Gasteiger partial charge in [0.1, 0.15) is 5.75 Å². The number of carbonyl (C=O) groups excluding carboxylic acids is 1. The molecular weight excluding hydrogens is 304 g/mol. The highest BCUT2D eigenvalue weighted by molar-refractivity contribution is 6.05. The zero-order chi connectivity index (χ0) is 17.4. The summed E-state index contributed by atoms with van der Waals surface area (Å²) in [5.41, 5.74) is 1.97. The molecule has 0 aliphatic rings. The second-order valence-electron chi connectivity index (χ2n) is 5.58. The molecule has 0 saturated heterocycles. The Kier molecular flexibility index (Phi) is 6.57. The fraction of sp³-hybridized carbons (Fsp3) is 0.333. The maximum atomic E-state index is 12.5. The first-order chi connectivity index (χ1) is 11.6. The minimum Gasteiger partial charge on any atom is -0.492 e. The Balaban J connectivity index is 2.05. The highest BCUT2D eigenvalue weighted by atomic mass is 16.5. The monoisotopic (exact) mass is 328 g/mol. The molecule has 0 aliphatic heterocycles. The van der Waals surface area contributed by atoms with Gasteiger partial charge in [0.25, 0.3) is 5.91 Å². The minimum atomic E-state index is -0.217. The van der Waals surface area contributed by atoms with Crippen LogP contribution in [0.3, 0.4) is 0 Å². The number of hydrogen-bond acceptors (Lipinski definition) is 5. The highest BCUT2D eigenvalue weighted by Crippen LogP contribution is 2.24. The quantitative estimate of drug-likeness (QED) is 0.780. The number of aromatic nitrogens is 1. The van der Waals surface area contributed by atoms with Gasteiger partial charge in [-0.25, -0.2) is 0 Å². The molecule has 0 saturated carbocycles. The zero-order valence-electron chi connectivity index (χ0n) is 14.4. The van der Waals surface area contributed by atoms with E-state index < -0.39 is 0 Å². The van der Waals surface area contributed by atoms with Crippen LogP contribution in [0.1, 0.15) is 17.3 Å². The summed E-state index contributed by atoms with van der Waals surface area (Å²) in [4.78, 5) is 18.7. The number of anilines is 2. The third-order valence-electron chi connectivity index (χ3n) is 3.32. The molecule has 0 bridgehead atoms. The van der Waals surface area contributed by atoms with Gasteiger partial charge < -0.3 is 20.3 Å². The molecule has 1 heterocycles. The van der Waals surface area contributed by atoms with E-state index in [0.29, 0.717) is 23.6 Å². The van der Waals surface area contributed by atoms with Gasteiger partial charge in [-0.15, -0.1) is 0 Å².